The minimum atomic E-state index is -0.634. The zero-order valence-electron chi connectivity index (χ0n) is 14.5. The Morgan fingerprint density at radius 2 is 2.15 bits per heavy atom. The third kappa shape index (κ3) is 3.21. The minimum absolute atomic E-state index is 0.0219. The first-order valence-corrected chi connectivity index (χ1v) is 9.67. The van der Waals surface area contributed by atoms with Crippen molar-refractivity contribution in [1.29, 1.82) is 0 Å². The highest BCUT2D eigenvalue weighted by atomic mass is 35.5. The Bertz CT molecular complexity index is 729. The summed E-state index contributed by atoms with van der Waals surface area (Å²) in [5, 5.41) is 6.57. The molecule has 3 heterocycles. The second-order valence-electron chi connectivity index (χ2n) is 7.58. The first-order chi connectivity index (χ1) is 12.5. The quantitative estimate of drug-likeness (QED) is 0.846. The van der Waals surface area contributed by atoms with Gasteiger partial charge in [0.25, 0.3) is 5.91 Å². The van der Waals surface area contributed by atoms with Gasteiger partial charge in [0.15, 0.2) is 0 Å². The molecule has 140 valence electrons. The first-order valence-electron chi connectivity index (χ1n) is 9.29. The van der Waals surface area contributed by atoms with E-state index in [0.29, 0.717) is 24.8 Å². The van der Waals surface area contributed by atoms with Crippen molar-refractivity contribution < 1.29 is 14.0 Å². The number of benzene rings is 1. The zero-order valence-corrected chi connectivity index (χ0v) is 15.3. The van der Waals surface area contributed by atoms with E-state index in [-0.39, 0.29) is 28.6 Å². The van der Waals surface area contributed by atoms with Crippen molar-refractivity contribution in [2.75, 3.05) is 19.6 Å². The van der Waals surface area contributed by atoms with Gasteiger partial charge in [-0.2, -0.15) is 0 Å². The predicted octanol–water partition coefficient (Wildman–Crippen LogP) is 2.20. The lowest BCUT2D eigenvalue weighted by atomic mass is 9.72. The summed E-state index contributed by atoms with van der Waals surface area (Å²) in [6.07, 6.45) is 3.63. The third-order valence-corrected chi connectivity index (χ3v) is 6.28. The number of carbonyl (C=O) groups is 2. The van der Waals surface area contributed by atoms with Crippen LogP contribution in [-0.4, -0.2) is 48.4 Å². The zero-order chi connectivity index (χ0) is 18.3. The fraction of sp³-hybridized carbons (Fsp3) is 0.579. The lowest BCUT2D eigenvalue weighted by Crippen LogP contribution is -2.66. The molecule has 5 nitrogen and oxygen atoms in total. The summed E-state index contributed by atoms with van der Waals surface area (Å²) in [4.78, 5) is 27.0. The van der Waals surface area contributed by atoms with Crippen molar-refractivity contribution in [2.45, 2.75) is 37.8 Å². The van der Waals surface area contributed by atoms with E-state index in [4.69, 9.17) is 11.6 Å². The maximum atomic E-state index is 14.0. The van der Waals surface area contributed by atoms with Gasteiger partial charge in [0.2, 0.25) is 5.91 Å². The largest absolute Gasteiger partial charge is 0.350 e. The third-order valence-electron chi connectivity index (χ3n) is 6.05. The standard InChI is InChI=1S/C19H23ClFN3O2/c20-13-4-5-14(15(21)7-13)19(26)23-10-17-12-6-11(8-22-9-12)16-2-1-3-18(25)24(16)17/h4-5,7,11-12,16-17,22H,1-3,6,8-10H2,(H,23,26)/t11-,12+,16+,17+/m1/s1. The molecule has 3 aliphatic rings. The van der Waals surface area contributed by atoms with Gasteiger partial charge in [0.1, 0.15) is 5.82 Å². The molecule has 0 saturated carbocycles. The summed E-state index contributed by atoms with van der Waals surface area (Å²) in [5.41, 5.74) is -0.0219. The number of nitrogens with one attached hydrogen (secondary N) is 2. The summed E-state index contributed by atoms with van der Waals surface area (Å²) < 4.78 is 14.0. The van der Waals surface area contributed by atoms with E-state index in [1.807, 2.05) is 4.90 Å². The molecule has 2 bridgehead atoms. The van der Waals surface area contributed by atoms with E-state index >= 15 is 0 Å². The number of nitrogens with zero attached hydrogens (tertiary/aromatic N) is 1. The van der Waals surface area contributed by atoms with Crippen LogP contribution in [0.3, 0.4) is 0 Å². The molecule has 7 heteroatoms. The molecule has 26 heavy (non-hydrogen) atoms. The van der Waals surface area contributed by atoms with Crippen LogP contribution in [0.5, 0.6) is 0 Å². The topological polar surface area (TPSA) is 61.4 Å². The number of rotatable bonds is 3. The Morgan fingerprint density at radius 3 is 2.96 bits per heavy atom. The van der Waals surface area contributed by atoms with E-state index in [0.717, 1.165) is 38.4 Å². The van der Waals surface area contributed by atoms with E-state index in [1.165, 1.54) is 12.1 Å². The van der Waals surface area contributed by atoms with Gasteiger partial charge in [-0.15, -0.1) is 0 Å². The van der Waals surface area contributed by atoms with Crippen molar-refractivity contribution in [3.63, 3.8) is 0 Å². The fourth-order valence-corrected chi connectivity index (χ4v) is 5.02. The van der Waals surface area contributed by atoms with Crippen LogP contribution < -0.4 is 10.6 Å². The van der Waals surface area contributed by atoms with Gasteiger partial charge in [0, 0.05) is 30.6 Å². The van der Waals surface area contributed by atoms with Gasteiger partial charge >= 0.3 is 0 Å². The van der Waals surface area contributed by atoms with Crippen LogP contribution in [0.25, 0.3) is 0 Å². The number of hydrogen-bond acceptors (Lipinski definition) is 3. The molecule has 3 saturated heterocycles. The maximum Gasteiger partial charge on any atom is 0.254 e. The Kier molecular flexibility index (Phi) is 4.88. The maximum absolute atomic E-state index is 14.0. The number of fused-ring (bicyclic) bond motifs is 4. The molecular formula is C19H23ClFN3O2. The van der Waals surface area contributed by atoms with Gasteiger partial charge in [0.05, 0.1) is 11.6 Å². The van der Waals surface area contributed by atoms with Crippen LogP contribution in [0.15, 0.2) is 18.2 Å². The van der Waals surface area contributed by atoms with E-state index < -0.39 is 11.7 Å². The van der Waals surface area contributed by atoms with Crippen LogP contribution >= 0.6 is 11.6 Å². The molecule has 1 aromatic rings. The molecule has 1 aromatic carbocycles. The van der Waals surface area contributed by atoms with Crippen LogP contribution in [0.4, 0.5) is 4.39 Å². The van der Waals surface area contributed by atoms with Gasteiger partial charge < -0.3 is 15.5 Å². The highest BCUT2D eigenvalue weighted by Crippen LogP contribution is 2.39. The molecule has 4 rings (SSSR count). The smallest absolute Gasteiger partial charge is 0.254 e. The van der Waals surface area contributed by atoms with Crippen molar-refractivity contribution in [3.8, 4) is 0 Å². The average Bonchev–Trinajstić information content (AvgIpc) is 2.62. The van der Waals surface area contributed by atoms with Crippen LogP contribution in [0.1, 0.15) is 36.0 Å². The Hall–Kier alpha value is -1.66. The number of halogens is 2. The van der Waals surface area contributed by atoms with Crippen molar-refractivity contribution in [2.24, 2.45) is 11.8 Å². The second kappa shape index (κ2) is 7.16. The van der Waals surface area contributed by atoms with E-state index in [9.17, 15) is 14.0 Å². The molecule has 3 fully saturated rings. The molecular weight excluding hydrogens is 357 g/mol. The minimum Gasteiger partial charge on any atom is -0.350 e. The number of hydrogen-bond donors (Lipinski definition) is 2. The van der Waals surface area contributed by atoms with Gasteiger partial charge in [-0.1, -0.05) is 11.6 Å². The van der Waals surface area contributed by atoms with Gasteiger partial charge in [-0.05, 0) is 55.8 Å². The fourth-order valence-electron chi connectivity index (χ4n) is 4.86. The van der Waals surface area contributed by atoms with E-state index in [1.54, 1.807) is 0 Å². The van der Waals surface area contributed by atoms with Crippen molar-refractivity contribution in [3.05, 3.63) is 34.6 Å². The molecule has 0 aromatic heterocycles. The molecule has 2 amide bonds. The normalized spacial score (nSPS) is 30.7. The molecule has 3 aliphatic heterocycles. The molecule has 2 N–H and O–H groups in total. The molecule has 0 radical (unpaired) electrons. The summed E-state index contributed by atoms with van der Waals surface area (Å²) in [7, 11) is 0. The monoisotopic (exact) mass is 379 g/mol. The molecule has 0 unspecified atom stereocenters. The van der Waals surface area contributed by atoms with Crippen LogP contribution in [0.2, 0.25) is 5.02 Å². The Morgan fingerprint density at radius 1 is 1.35 bits per heavy atom. The summed E-state index contributed by atoms with van der Waals surface area (Å²) in [6, 6.07) is 4.25. The number of amides is 2. The average molecular weight is 380 g/mol. The highest BCUT2D eigenvalue weighted by Gasteiger charge is 2.47. The first kappa shape index (κ1) is 17.7. The molecule has 0 aliphatic carbocycles. The summed E-state index contributed by atoms with van der Waals surface area (Å²) in [5.74, 6) is -0.0908. The SMILES string of the molecule is O=C(NC[C@H]1[C@@H]2CNC[C@@H](C2)[C@@H]2CCCC(=O)N21)c1ccc(Cl)cc1F. The van der Waals surface area contributed by atoms with Crippen molar-refractivity contribution in [1.82, 2.24) is 15.5 Å². The Labute approximate surface area is 157 Å². The second-order valence-corrected chi connectivity index (χ2v) is 8.01. The van der Waals surface area contributed by atoms with Crippen LogP contribution in [-0.2, 0) is 4.79 Å². The van der Waals surface area contributed by atoms with Gasteiger partial charge in [-0.3, -0.25) is 9.59 Å². The predicted molar refractivity (Wildman–Crippen MR) is 96.5 cm³/mol. The highest BCUT2D eigenvalue weighted by molar-refractivity contribution is 6.30. The molecule has 4 atom stereocenters. The van der Waals surface area contributed by atoms with Crippen molar-refractivity contribution >= 4 is 23.4 Å². The van der Waals surface area contributed by atoms with Crippen LogP contribution in [0, 0.1) is 17.7 Å². The lowest BCUT2D eigenvalue weighted by Gasteiger charge is -2.54. The number of carbonyl (C=O) groups excluding carboxylic acids is 2. The summed E-state index contributed by atoms with van der Waals surface area (Å²) in [6.45, 7) is 2.16. The van der Waals surface area contributed by atoms with E-state index in [2.05, 4.69) is 10.6 Å². The Balaban J connectivity index is 1.50. The van der Waals surface area contributed by atoms with Gasteiger partial charge in [-0.25, -0.2) is 4.39 Å². The number of piperidine rings is 3. The molecule has 0 spiro atoms. The lowest BCUT2D eigenvalue weighted by molar-refractivity contribution is -0.148. The summed E-state index contributed by atoms with van der Waals surface area (Å²) >= 11 is 5.75.